The number of nitrogens with one attached hydrogen (secondary N) is 1. The number of anilines is 2. The van der Waals surface area contributed by atoms with Gasteiger partial charge in [0.25, 0.3) is 0 Å². The van der Waals surface area contributed by atoms with Gasteiger partial charge in [0.1, 0.15) is 0 Å². The Morgan fingerprint density at radius 1 is 0.459 bits per heavy atom. The number of hydrogen-bond donors (Lipinski definition) is 1. The largest absolute Gasteiger partial charge is 0.355 e. The summed E-state index contributed by atoms with van der Waals surface area (Å²) < 4.78 is 0. The minimum Gasteiger partial charge on any atom is -0.355 e. The van der Waals surface area contributed by atoms with Gasteiger partial charge in [-0.05, 0) is 73.4 Å². The summed E-state index contributed by atoms with van der Waals surface area (Å²) in [4.78, 5) is 0. The molecule has 0 saturated carbocycles. The summed E-state index contributed by atoms with van der Waals surface area (Å²) in [6.45, 7) is 6.89. The summed E-state index contributed by atoms with van der Waals surface area (Å²) in [6, 6.07) is 16.5. The van der Waals surface area contributed by atoms with E-state index in [4.69, 9.17) is 0 Å². The molecule has 37 heavy (non-hydrogen) atoms. The van der Waals surface area contributed by atoms with Crippen LogP contribution in [0.4, 0.5) is 11.4 Å². The van der Waals surface area contributed by atoms with E-state index in [0.29, 0.717) is 0 Å². The van der Waals surface area contributed by atoms with E-state index in [-0.39, 0.29) is 0 Å². The number of unbranched alkanes of at least 4 members (excludes halogenated alkanes) is 15. The van der Waals surface area contributed by atoms with Crippen LogP contribution in [0.5, 0.6) is 0 Å². The minimum absolute atomic E-state index is 1.18. The maximum Gasteiger partial charge on any atom is 0.0419 e. The van der Waals surface area contributed by atoms with Crippen molar-refractivity contribution in [1.82, 2.24) is 0 Å². The number of aryl methyl sites for hydroxylation is 3. The molecule has 0 bridgehead atoms. The minimum atomic E-state index is 1.18. The maximum atomic E-state index is 3.85. The lowest BCUT2D eigenvalue weighted by Crippen LogP contribution is -2.00. The van der Waals surface area contributed by atoms with Crippen LogP contribution in [0, 0.1) is 0 Å². The van der Waals surface area contributed by atoms with E-state index < -0.39 is 0 Å². The molecule has 0 amide bonds. The Morgan fingerprint density at radius 3 is 1.51 bits per heavy atom. The van der Waals surface area contributed by atoms with Crippen LogP contribution in [0.25, 0.3) is 0 Å². The Morgan fingerprint density at radius 2 is 0.946 bits per heavy atom. The molecule has 0 fully saturated rings. The zero-order chi connectivity index (χ0) is 26.4. The van der Waals surface area contributed by atoms with Crippen LogP contribution in [-0.2, 0) is 19.3 Å². The molecule has 208 valence electrons. The van der Waals surface area contributed by atoms with E-state index in [9.17, 15) is 0 Å². The van der Waals surface area contributed by atoms with Crippen LogP contribution in [0.15, 0.2) is 42.5 Å². The maximum absolute atomic E-state index is 3.85. The summed E-state index contributed by atoms with van der Waals surface area (Å²) in [5.41, 5.74) is 7.05. The predicted molar refractivity (Wildman–Crippen MR) is 167 cm³/mol. The Balaban J connectivity index is 1.97. The second kappa shape index (κ2) is 21.2. The van der Waals surface area contributed by atoms with E-state index >= 15 is 0 Å². The van der Waals surface area contributed by atoms with Crippen LogP contribution in [0.3, 0.4) is 0 Å². The Bertz CT molecular complexity index is 808. The third-order valence-corrected chi connectivity index (χ3v) is 7.82. The van der Waals surface area contributed by atoms with Crippen molar-refractivity contribution in [3.63, 3.8) is 0 Å². The van der Waals surface area contributed by atoms with Crippen LogP contribution in [0.2, 0.25) is 0 Å². The zero-order valence-electron chi connectivity index (χ0n) is 24.9. The summed E-state index contributed by atoms with van der Waals surface area (Å²) in [5.74, 6) is 0. The fourth-order valence-corrected chi connectivity index (χ4v) is 5.39. The van der Waals surface area contributed by atoms with Gasteiger partial charge in [0.15, 0.2) is 0 Å². The van der Waals surface area contributed by atoms with Gasteiger partial charge in [-0.15, -0.1) is 0 Å². The van der Waals surface area contributed by atoms with E-state index in [1.54, 1.807) is 0 Å². The number of rotatable bonds is 23. The highest BCUT2D eigenvalue weighted by Crippen LogP contribution is 2.27. The Hall–Kier alpha value is -1.76. The highest BCUT2D eigenvalue weighted by molar-refractivity contribution is 5.64. The first-order chi connectivity index (χ1) is 18.3. The molecular weight excluding hydrogens is 446 g/mol. The second-order valence-electron chi connectivity index (χ2n) is 11.4. The molecule has 0 radical (unpaired) electrons. The molecule has 2 aromatic carbocycles. The molecule has 1 nitrogen and oxygen atoms in total. The lowest BCUT2D eigenvalue weighted by molar-refractivity contribution is 0.606. The third-order valence-electron chi connectivity index (χ3n) is 7.82. The molecule has 0 aliphatic carbocycles. The SMILES string of the molecule is CCCCCCCCc1cccc(Nc2cc(CCCCCCCC)ccc2CCCCCCCC)c1. The number of benzene rings is 2. The van der Waals surface area contributed by atoms with E-state index in [1.807, 2.05) is 0 Å². The van der Waals surface area contributed by atoms with Gasteiger partial charge >= 0.3 is 0 Å². The third kappa shape index (κ3) is 14.7. The second-order valence-corrected chi connectivity index (χ2v) is 11.4. The molecule has 0 saturated heterocycles. The van der Waals surface area contributed by atoms with Crippen molar-refractivity contribution in [2.75, 3.05) is 5.32 Å². The summed E-state index contributed by atoms with van der Waals surface area (Å²) >= 11 is 0. The van der Waals surface area contributed by atoms with E-state index in [1.165, 1.54) is 163 Å². The van der Waals surface area contributed by atoms with Crippen molar-refractivity contribution in [3.05, 3.63) is 59.2 Å². The van der Waals surface area contributed by atoms with Crippen LogP contribution < -0.4 is 5.32 Å². The van der Waals surface area contributed by atoms with Crippen molar-refractivity contribution in [3.8, 4) is 0 Å². The summed E-state index contributed by atoms with van der Waals surface area (Å²) in [5, 5.41) is 3.85. The average Bonchev–Trinajstić information content (AvgIpc) is 2.91. The molecule has 0 aromatic heterocycles. The molecule has 0 atom stereocenters. The highest BCUT2D eigenvalue weighted by atomic mass is 14.9. The molecule has 0 aliphatic heterocycles. The smallest absolute Gasteiger partial charge is 0.0419 e. The van der Waals surface area contributed by atoms with Crippen molar-refractivity contribution in [1.29, 1.82) is 0 Å². The Labute approximate surface area is 231 Å². The van der Waals surface area contributed by atoms with Gasteiger partial charge in [-0.1, -0.05) is 141 Å². The van der Waals surface area contributed by atoms with Gasteiger partial charge in [-0.2, -0.15) is 0 Å². The molecule has 1 heteroatoms. The molecule has 2 rings (SSSR count). The zero-order valence-corrected chi connectivity index (χ0v) is 24.9. The standard InChI is InChI=1S/C36H59N/c1-4-7-10-13-16-19-23-32-25-22-27-35(30-32)37-36-31-33(24-20-17-14-11-8-5-2)28-29-34(36)26-21-18-15-12-9-6-3/h22,25,27-31,37H,4-21,23-24,26H2,1-3H3. The monoisotopic (exact) mass is 505 g/mol. The normalized spacial score (nSPS) is 11.2. The van der Waals surface area contributed by atoms with E-state index in [2.05, 4.69) is 68.6 Å². The number of hydrogen-bond acceptors (Lipinski definition) is 1. The lowest BCUT2D eigenvalue weighted by Gasteiger charge is -2.15. The quantitative estimate of drug-likeness (QED) is 0.148. The van der Waals surface area contributed by atoms with Crippen LogP contribution in [0.1, 0.15) is 153 Å². The topological polar surface area (TPSA) is 12.0 Å². The van der Waals surface area contributed by atoms with E-state index in [0.717, 1.165) is 0 Å². The molecule has 0 aliphatic rings. The van der Waals surface area contributed by atoms with Crippen molar-refractivity contribution < 1.29 is 0 Å². The molecule has 2 aromatic rings. The van der Waals surface area contributed by atoms with Crippen molar-refractivity contribution >= 4 is 11.4 Å². The predicted octanol–water partition coefficient (Wildman–Crippen LogP) is 12.1. The molecular formula is C36H59N. The van der Waals surface area contributed by atoms with Gasteiger partial charge in [-0.25, -0.2) is 0 Å². The summed E-state index contributed by atoms with van der Waals surface area (Å²) in [6.07, 6.45) is 28.1. The first-order valence-corrected chi connectivity index (χ1v) is 16.2. The van der Waals surface area contributed by atoms with Crippen molar-refractivity contribution in [2.45, 2.75) is 156 Å². The highest BCUT2D eigenvalue weighted by Gasteiger charge is 2.07. The first-order valence-electron chi connectivity index (χ1n) is 16.2. The van der Waals surface area contributed by atoms with Gasteiger partial charge in [-0.3, -0.25) is 0 Å². The van der Waals surface area contributed by atoms with Gasteiger partial charge in [0.2, 0.25) is 0 Å². The average molecular weight is 506 g/mol. The Kier molecular flexibility index (Phi) is 18.0. The summed E-state index contributed by atoms with van der Waals surface area (Å²) in [7, 11) is 0. The molecule has 1 N–H and O–H groups in total. The fourth-order valence-electron chi connectivity index (χ4n) is 5.39. The van der Waals surface area contributed by atoms with Gasteiger partial charge in [0.05, 0.1) is 0 Å². The van der Waals surface area contributed by atoms with Crippen LogP contribution in [-0.4, -0.2) is 0 Å². The molecule has 0 heterocycles. The van der Waals surface area contributed by atoms with Crippen molar-refractivity contribution in [2.24, 2.45) is 0 Å². The first kappa shape index (κ1) is 31.5. The molecule has 0 unspecified atom stereocenters. The van der Waals surface area contributed by atoms with Crippen LogP contribution >= 0.6 is 0 Å². The molecule has 0 spiro atoms. The lowest BCUT2D eigenvalue weighted by atomic mass is 9.98. The van der Waals surface area contributed by atoms with Gasteiger partial charge in [0, 0.05) is 11.4 Å². The van der Waals surface area contributed by atoms with Gasteiger partial charge < -0.3 is 5.32 Å². The fraction of sp³-hybridized carbons (Fsp3) is 0.667.